The van der Waals surface area contributed by atoms with E-state index in [0.717, 1.165) is 42.6 Å². The Morgan fingerprint density at radius 3 is 2.40 bits per heavy atom. The monoisotopic (exact) mass is 316 g/mol. The van der Waals surface area contributed by atoms with Crippen molar-refractivity contribution in [2.45, 2.75) is 41.9 Å². The first kappa shape index (κ1) is 15.7. The molecular weight excluding hydrogens is 296 g/mol. The van der Waals surface area contributed by atoms with Crippen LogP contribution < -0.4 is 4.74 Å². The van der Waals surface area contributed by atoms with E-state index in [4.69, 9.17) is 8.92 Å². The van der Waals surface area contributed by atoms with Crippen LogP contribution in [-0.4, -0.2) is 33.1 Å². The summed E-state index contributed by atoms with van der Waals surface area (Å²) in [5, 5.41) is 0.187. The summed E-state index contributed by atoms with van der Waals surface area (Å²) >= 11 is 1.69. The molecule has 0 saturated heterocycles. The Morgan fingerprint density at radius 1 is 1.15 bits per heavy atom. The first-order chi connectivity index (χ1) is 9.48. The van der Waals surface area contributed by atoms with Crippen molar-refractivity contribution in [3.05, 3.63) is 24.3 Å². The van der Waals surface area contributed by atoms with Crippen LogP contribution in [0.5, 0.6) is 5.75 Å². The van der Waals surface area contributed by atoms with Gasteiger partial charge in [0.15, 0.2) is 0 Å². The third-order valence-electron chi connectivity index (χ3n) is 3.29. The molecule has 0 radical (unpaired) electrons. The van der Waals surface area contributed by atoms with Crippen LogP contribution >= 0.6 is 11.8 Å². The second-order valence-electron chi connectivity index (χ2n) is 4.96. The molecule has 1 aliphatic rings. The maximum Gasteiger partial charge on any atom is 0.264 e. The van der Waals surface area contributed by atoms with E-state index in [1.807, 2.05) is 24.3 Å². The highest BCUT2D eigenvalue weighted by molar-refractivity contribution is 8.00. The van der Waals surface area contributed by atoms with E-state index in [1.54, 1.807) is 18.9 Å². The predicted molar refractivity (Wildman–Crippen MR) is 80.8 cm³/mol. The molecule has 0 aliphatic heterocycles. The molecule has 0 heterocycles. The van der Waals surface area contributed by atoms with Crippen molar-refractivity contribution < 1.29 is 17.3 Å². The molecule has 0 aromatic heterocycles. The molecule has 112 valence electrons. The Hall–Kier alpha value is -0.720. The molecule has 1 fully saturated rings. The molecule has 1 aromatic rings. The highest BCUT2D eigenvalue weighted by Crippen LogP contribution is 2.36. The topological polar surface area (TPSA) is 52.6 Å². The van der Waals surface area contributed by atoms with E-state index in [1.165, 1.54) is 0 Å². The molecule has 4 nitrogen and oxygen atoms in total. The largest absolute Gasteiger partial charge is 0.497 e. The normalized spacial score (nSPS) is 23.5. The van der Waals surface area contributed by atoms with Gasteiger partial charge in [0.05, 0.1) is 19.5 Å². The Balaban J connectivity index is 2.04. The number of rotatable bonds is 5. The zero-order valence-corrected chi connectivity index (χ0v) is 13.4. The summed E-state index contributed by atoms with van der Waals surface area (Å²) in [5.74, 6) is 0.821. The minimum atomic E-state index is -3.39. The van der Waals surface area contributed by atoms with Crippen LogP contribution in [0.1, 0.15) is 25.7 Å². The highest BCUT2D eigenvalue weighted by atomic mass is 32.2. The van der Waals surface area contributed by atoms with Crippen LogP contribution in [0.2, 0.25) is 0 Å². The van der Waals surface area contributed by atoms with Crippen LogP contribution in [-0.2, 0) is 14.3 Å². The average molecular weight is 316 g/mol. The van der Waals surface area contributed by atoms with Crippen LogP contribution in [0.4, 0.5) is 0 Å². The van der Waals surface area contributed by atoms with E-state index in [2.05, 4.69) is 0 Å². The molecule has 1 aromatic carbocycles. The van der Waals surface area contributed by atoms with Crippen molar-refractivity contribution in [1.29, 1.82) is 0 Å². The zero-order chi connectivity index (χ0) is 14.6. The summed E-state index contributed by atoms with van der Waals surface area (Å²) in [6.07, 6.45) is 4.84. The second kappa shape index (κ2) is 6.83. The Kier molecular flexibility index (Phi) is 5.35. The Morgan fingerprint density at radius 2 is 1.80 bits per heavy atom. The molecule has 1 aliphatic carbocycles. The molecular formula is C14H20O4S2. The lowest BCUT2D eigenvalue weighted by Crippen LogP contribution is -2.31. The lowest BCUT2D eigenvalue weighted by molar-refractivity contribution is 0.170. The third-order valence-corrected chi connectivity index (χ3v) is 5.27. The number of thioether (sulfide) groups is 1. The van der Waals surface area contributed by atoms with Crippen LogP contribution in [0, 0.1) is 0 Å². The van der Waals surface area contributed by atoms with E-state index in [-0.39, 0.29) is 11.4 Å². The SMILES string of the molecule is COc1ccc(S[C@@H]2CCCC[C@H]2OS(C)(=O)=O)cc1. The highest BCUT2D eigenvalue weighted by Gasteiger charge is 2.29. The number of ether oxygens (including phenoxy) is 1. The van der Waals surface area contributed by atoms with Gasteiger partial charge in [0.2, 0.25) is 0 Å². The molecule has 0 amide bonds. The van der Waals surface area contributed by atoms with Gasteiger partial charge in [-0.1, -0.05) is 12.8 Å². The van der Waals surface area contributed by atoms with Gasteiger partial charge in [0.1, 0.15) is 5.75 Å². The lowest BCUT2D eigenvalue weighted by atomic mass is 9.97. The molecule has 20 heavy (non-hydrogen) atoms. The van der Waals surface area contributed by atoms with Gasteiger partial charge in [0, 0.05) is 10.1 Å². The Labute approximate surface area is 125 Å². The molecule has 0 N–H and O–H groups in total. The van der Waals surface area contributed by atoms with Crippen molar-refractivity contribution in [2.75, 3.05) is 13.4 Å². The van der Waals surface area contributed by atoms with Crippen molar-refractivity contribution in [2.24, 2.45) is 0 Å². The Bertz CT molecular complexity index is 525. The first-order valence-electron chi connectivity index (χ1n) is 6.67. The van der Waals surface area contributed by atoms with Crippen molar-refractivity contribution in [1.82, 2.24) is 0 Å². The summed E-state index contributed by atoms with van der Waals surface area (Å²) in [4.78, 5) is 1.11. The average Bonchev–Trinajstić information content (AvgIpc) is 2.40. The first-order valence-corrected chi connectivity index (χ1v) is 9.36. The van der Waals surface area contributed by atoms with Crippen molar-refractivity contribution >= 4 is 21.9 Å². The number of hydrogen-bond acceptors (Lipinski definition) is 5. The third kappa shape index (κ3) is 4.68. The van der Waals surface area contributed by atoms with Crippen LogP contribution in [0.3, 0.4) is 0 Å². The molecule has 2 atom stereocenters. The minimum Gasteiger partial charge on any atom is -0.497 e. The van der Waals surface area contributed by atoms with Gasteiger partial charge in [-0.25, -0.2) is 0 Å². The fourth-order valence-corrected chi connectivity index (χ4v) is 4.38. The van der Waals surface area contributed by atoms with E-state index in [0.29, 0.717) is 0 Å². The fraction of sp³-hybridized carbons (Fsp3) is 0.571. The summed E-state index contributed by atoms with van der Waals surface area (Å²) < 4.78 is 33.0. The molecule has 0 spiro atoms. The van der Waals surface area contributed by atoms with Gasteiger partial charge < -0.3 is 4.74 Å². The van der Waals surface area contributed by atoms with Crippen LogP contribution in [0.15, 0.2) is 29.2 Å². The number of benzene rings is 1. The molecule has 1 saturated carbocycles. The fourth-order valence-electron chi connectivity index (χ4n) is 2.36. The van der Waals surface area contributed by atoms with E-state index >= 15 is 0 Å². The maximum absolute atomic E-state index is 11.3. The summed E-state index contributed by atoms with van der Waals surface area (Å²) in [6.45, 7) is 0. The van der Waals surface area contributed by atoms with Gasteiger partial charge in [-0.2, -0.15) is 8.42 Å². The summed E-state index contributed by atoms with van der Waals surface area (Å²) in [6, 6.07) is 7.82. The standard InChI is InChI=1S/C14H20O4S2/c1-17-11-7-9-12(10-8-11)19-14-6-4-3-5-13(14)18-20(2,15)16/h7-10,13-14H,3-6H2,1-2H3/t13-,14-/m1/s1. The maximum atomic E-state index is 11.3. The van der Waals surface area contributed by atoms with Crippen molar-refractivity contribution in [3.63, 3.8) is 0 Å². The predicted octanol–water partition coefficient (Wildman–Crippen LogP) is 3.07. The summed E-state index contributed by atoms with van der Waals surface area (Å²) in [5.41, 5.74) is 0. The summed E-state index contributed by atoms with van der Waals surface area (Å²) in [7, 11) is -1.75. The van der Waals surface area contributed by atoms with Crippen molar-refractivity contribution in [3.8, 4) is 5.75 Å². The van der Waals surface area contributed by atoms with Gasteiger partial charge >= 0.3 is 0 Å². The van der Waals surface area contributed by atoms with E-state index < -0.39 is 10.1 Å². The van der Waals surface area contributed by atoms with Gasteiger partial charge in [-0.05, 0) is 37.1 Å². The zero-order valence-electron chi connectivity index (χ0n) is 11.7. The lowest BCUT2D eigenvalue weighted by Gasteiger charge is -2.29. The number of methoxy groups -OCH3 is 1. The van der Waals surface area contributed by atoms with E-state index in [9.17, 15) is 8.42 Å². The molecule has 2 rings (SSSR count). The smallest absolute Gasteiger partial charge is 0.264 e. The van der Waals surface area contributed by atoms with Gasteiger partial charge in [-0.15, -0.1) is 11.8 Å². The van der Waals surface area contributed by atoms with Gasteiger partial charge in [0.25, 0.3) is 10.1 Å². The van der Waals surface area contributed by atoms with Gasteiger partial charge in [-0.3, -0.25) is 4.18 Å². The quantitative estimate of drug-likeness (QED) is 0.781. The molecule has 6 heteroatoms. The number of hydrogen-bond donors (Lipinski definition) is 0. The van der Waals surface area contributed by atoms with Crippen LogP contribution in [0.25, 0.3) is 0 Å². The second-order valence-corrected chi connectivity index (χ2v) is 7.87. The molecule has 0 unspecified atom stereocenters. The minimum absolute atomic E-state index is 0.187. The molecule has 0 bridgehead atoms.